The van der Waals surface area contributed by atoms with Crippen molar-refractivity contribution in [3.05, 3.63) is 0 Å². The van der Waals surface area contributed by atoms with Gasteiger partial charge in [-0.1, -0.05) is 175 Å². The summed E-state index contributed by atoms with van der Waals surface area (Å²) >= 11 is 0. The van der Waals surface area contributed by atoms with Crippen molar-refractivity contribution in [2.24, 2.45) is 5.92 Å². The zero-order valence-electron chi connectivity index (χ0n) is 31.0. The Kier molecular flexibility index (Phi) is 33.5. The first-order valence-electron chi connectivity index (χ1n) is 19.9. The maximum Gasteiger partial charge on any atom is 0.306 e. The van der Waals surface area contributed by atoms with Gasteiger partial charge in [-0.15, -0.1) is 0 Å². The summed E-state index contributed by atoms with van der Waals surface area (Å²) in [6.45, 7) is 8.89. The average molecular weight is 653 g/mol. The zero-order valence-corrected chi connectivity index (χ0v) is 31.0. The third kappa shape index (κ3) is 32.4. The number of hydrogen-bond donors (Lipinski definition) is 0. The molecule has 0 rings (SSSR count). The van der Waals surface area contributed by atoms with Crippen LogP contribution in [0.5, 0.6) is 0 Å². The highest BCUT2D eigenvalue weighted by Crippen LogP contribution is 2.16. The van der Waals surface area contributed by atoms with Gasteiger partial charge in [0.2, 0.25) is 0 Å². The molecule has 0 aromatic heterocycles. The maximum atomic E-state index is 12.6. The first-order valence-corrected chi connectivity index (χ1v) is 19.9. The Balaban J connectivity index is 4.34. The Morgan fingerprint density at radius 2 is 0.761 bits per heavy atom. The Morgan fingerprint density at radius 3 is 1.13 bits per heavy atom. The van der Waals surface area contributed by atoms with Crippen molar-refractivity contribution in [1.82, 2.24) is 0 Å². The van der Waals surface area contributed by atoms with Gasteiger partial charge in [-0.2, -0.15) is 0 Å². The lowest BCUT2D eigenvalue weighted by molar-refractivity contribution is -0.167. The van der Waals surface area contributed by atoms with E-state index < -0.39 is 6.10 Å². The molecule has 0 saturated carbocycles. The smallest absolute Gasteiger partial charge is 0.306 e. The van der Waals surface area contributed by atoms with Crippen LogP contribution in [0, 0.1) is 5.92 Å². The van der Waals surface area contributed by atoms with Crippen molar-refractivity contribution in [1.29, 1.82) is 0 Å². The van der Waals surface area contributed by atoms with Crippen LogP contribution >= 0.6 is 0 Å². The number of unbranched alkanes of at least 4 members (excludes halogenated alkanes) is 21. The van der Waals surface area contributed by atoms with Crippen molar-refractivity contribution in [2.75, 3.05) is 13.2 Å². The highest BCUT2D eigenvalue weighted by molar-refractivity contribution is 5.71. The van der Waals surface area contributed by atoms with E-state index in [1.165, 1.54) is 109 Å². The molecular formula is C40H76O6. The van der Waals surface area contributed by atoms with Gasteiger partial charge in [0.15, 0.2) is 6.10 Å². The van der Waals surface area contributed by atoms with E-state index in [0.717, 1.165) is 63.7 Å². The molecule has 46 heavy (non-hydrogen) atoms. The Hall–Kier alpha value is -1.59. The minimum atomic E-state index is -0.757. The molecule has 0 aliphatic rings. The SMILES string of the molecule is CCCCCCCCCCCCCC(=O)O[C@@H](COC(=O)CCCCCCCCC)COC(=O)CCCCCCCCC(C)CC. The molecule has 0 amide bonds. The number of hydrogen-bond acceptors (Lipinski definition) is 6. The predicted octanol–water partition coefficient (Wildman–Crippen LogP) is 12.0. The fourth-order valence-corrected chi connectivity index (χ4v) is 5.71. The van der Waals surface area contributed by atoms with Crippen LogP contribution in [0.2, 0.25) is 0 Å². The monoisotopic (exact) mass is 653 g/mol. The van der Waals surface area contributed by atoms with Crippen molar-refractivity contribution >= 4 is 17.9 Å². The highest BCUT2D eigenvalue weighted by atomic mass is 16.6. The first-order chi connectivity index (χ1) is 22.4. The summed E-state index contributed by atoms with van der Waals surface area (Å²) in [6.07, 6.45) is 30.9. The molecule has 1 unspecified atom stereocenters. The molecule has 0 heterocycles. The molecule has 2 atom stereocenters. The molecule has 0 bridgehead atoms. The van der Waals surface area contributed by atoms with Crippen LogP contribution < -0.4 is 0 Å². The minimum absolute atomic E-state index is 0.0662. The van der Waals surface area contributed by atoms with Crippen LogP contribution in [0.25, 0.3) is 0 Å². The van der Waals surface area contributed by atoms with Crippen LogP contribution in [-0.4, -0.2) is 37.2 Å². The standard InChI is InChI=1S/C40H76O6/c1-5-8-10-12-14-15-16-17-19-25-29-33-40(43)46-37(34-44-38(41)31-27-23-18-13-11-9-6-2)35-45-39(42)32-28-24-21-20-22-26-30-36(4)7-3/h36-37H,5-35H2,1-4H3/t36?,37-/m0/s1. The van der Waals surface area contributed by atoms with Gasteiger partial charge in [-0.25, -0.2) is 0 Å². The number of rotatable bonds is 35. The molecule has 6 nitrogen and oxygen atoms in total. The van der Waals surface area contributed by atoms with Crippen LogP contribution in [-0.2, 0) is 28.6 Å². The third-order valence-electron chi connectivity index (χ3n) is 9.15. The average Bonchev–Trinajstić information content (AvgIpc) is 3.05. The molecule has 0 saturated heterocycles. The van der Waals surface area contributed by atoms with Gasteiger partial charge >= 0.3 is 17.9 Å². The topological polar surface area (TPSA) is 78.9 Å². The molecule has 0 aromatic rings. The van der Waals surface area contributed by atoms with E-state index in [1.54, 1.807) is 0 Å². The van der Waals surface area contributed by atoms with E-state index in [1.807, 2.05) is 0 Å². The molecule has 0 N–H and O–H groups in total. The summed E-state index contributed by atoms with van der Waals surface area (Å²) < 4.78 is 16.6. The maximum absolute atomic E-state index is 12.6. The predicted molar refractivity (Wildman–Crippen MR) is 192 cm³/mol. The normalized spacial score (nSPS) is 12.5. The van der Waals surface area contributed by atoms with E-state index in [0.29, 0.717) is 19.3 Å². The summed E-state index contributed by atoms with van der Waals surface area (Å²) in [5.74, 6) is -0.0579. The van der Waals surface area contributed by atoms with Crippen LogP contribution in [0.15, 0.2) is 0 Å². The number of ether oxygens (including phenoxy) is 3. The van der Waals surface area contributed by atoms with Crippen molar-refractivity contribution < 1.29 is 28.6 Å². The molecule has 0 aromatic carbocycles. The summed E-state index contributed by atoms with van der Waals surface area (Å²) in [6, 6.07) is 0. The van der Waals surface area contributed by atoms with E-state index >= 15 is 0 Å². The quantitative estimate of drug-likeness (QED) is 0.0385. The minimum Gasteiger partial charge on any atom is -0.462 e. The second-order valence-electron chi connectivity index (χ2n) is 13.8. The number of carbonyl (C=O) groups is 3. The van der Waals surface area contributed by atoms with E-state index in [4.69, 9.17) is 14.2 Å². The molecule has 0 fully saturated rings. The lowest BCUT2D eigenvalue weighted by Crippen LogP contribution is -2.30. The summed E-state index contributed by atoms with van der Waals surface area (Å²) in [7, 11) is 0. The van der Waals surface area contributed by atoms with Crippen molar-refractivity contribution in [2.45, 2.75) is 220 Å². The van der Waals surface area contributed by atoms with E-state index in [9.17, 15) is 14.4 Å². The fraction of sp³-hybridized carbons (Fsp3) is 0.925. The lowest BCUT2D eigenvalue weighted by atomic mass is 10.00. The summed E-state index contributed by atoms with van der Waals surface area (Å²) in [4.78, 5) is 37.3. The molecule has 6 heteroatoms. The molecule has 0 aliphatic heterocycles. The Morgan fingerprint density at radius 1 is 0.435 bits per heavy atom. The third-order valence-corrected chi connectivity index (χ3v) is 9.15. The summed E-state index contributed by atoms with van der Waals surface area (Å²) in [5.41, 5.74) is 0. The van der Waals surface area contributed by atoms with Gasteiger partial charge in [0.05, 0.1) is 0 Å². The lowest BCUT2D eigenvalue weighted by Gasteiger charge is -2.18. The van der Waals surface area contributed by atoms with Crippen LogP contribution in [0.1, 0.15) is 214 Å². The van der Waals surface area contributed by atoms with Gasteiger partial charge < -0.3 is 14.2 Å². The zero-order chi connectivity index (χ0) is 33.9. The van der Waals surface area contributed by atoms with Gasteiger partial charge in [0.1, 0.15) is 13.2 Å². The largest absolute Gasteiger partial charge is 0.462 e. The van der Waals surface area contributed by atoms with Gasteiger partial charge in [0.25, 0.3) is 0 Å². The Bertz CT molecular complexity index is 693. The van der Waals surface area contributed by atoms with Crippen molar-refractivity contribution in [3.63, 3.8) is 0 Å². The summed E-state index contributed by atoms with van der Waals surface area (Å²) in [5, 5.41) is 0. The fourth-order valence-electron chi connectivity index (χ4n) is 5.71. The van der Waals surface area contributed by atoms with E-state index in [-0.39, 0.29) is 31.1 Å². The second-order valence-corrected chi connectivity index (χ2v) is 13.8. The second kappa shape index (κ2) is 34.7. The molecule has 0 radical (unpaired) electrons. The molecule has 0 aliphatic carbocycles. The van der Waals surface area contributed by atoms with E-state index in [2.05, 4.69) is 27.7 Å². The van der Waals surface area contributed by atoms with Crippen LogP contribution in [0.4, 0.5) is 0 Å². The molecular weight excluding hydrogens is 576 g/mol. The van der Waals surface area contributed by atoms with Crippen LogP contribution in [0.3, 0.4) is 0 Å². The van der Waals surface area contributed by atoms with Gasteiger partial charge in [-0.05, 0) is 25.2 Å². The number of esters is 3. The van der Waals surface area contributed by atoms with Gasteiger partial charge in [-0.3, -0.25) is 14.4 Å². The van der Waals surface area contributed by atoms with Crippen molar-refractivity contribution in [3.8, 4) is 0 Å². The molecule has 272 valence electrons. The number of carbonyl (C=O) groups excluding carboxylic acids is 3. The molecule has 0 spiro atoms. The first kappa shape index (κ1) is 44.4. The highest BCUT2D eigenvalue weighted by Gasteiger charge is 2.19. The Labute approximate surface area is 285 Å². The van der Waals surface area contributed by atoms with Gasteiger partial charge in [0, 0.05) is 19.3 Å².